The van der Waals surface area contributed by atoms with E-state index in [4.69, 9.17) is 4.74 Å². The largest absolute Gasteiger partial charge is 0.460 e. The third-order valence-electron chi connectivity index (χ3n) is 2.77. The first-order valence-corrected chi connectivity index (χ1v) is 6.72. The van der Waals surface area contributed by atoms with Gasteiger partial charge in [-0.3, -0.25) is 4.79 Å². The van der Waals surface area contributed by atoms with Crippen LogP contribution in [0.2, 0.25) is 0 Å². The molecule has 102 valence electrons. The van der Waals surface area contributed by atoms with Gasteiger partial charge in [-0.05, 0) is 33.2 Å². The lowest BCUT2D eigenvalue weighted by atomic mass is 10.1. The van der Waals surface area contributed by atoms with Gasteiger partial charge in [0.25, 0.3) is 0 Å². The van der Waals surface area contributed by atoms with E-state index >= 15 is 0 Å². The first-order chi connectivity index (χ1) is 7.78. The average molecular weight is 243 g/mol. The van der Waals surface area contributed by atoms with Crippen molar-refractivity contribution in [1.82, 2.24) is 4.90 Å². The van der Waals surface area contributed by atoms with E-state index in [9.17, 15) is 4.79 Å². The summed E-state index contributed by atoms with van der Waals surface area (Å²) in [4.78, 5) is 13.9. The van der Waals surface area contributed by atoms with Crippen molar-refractivity contribution in [2.24, 2.45) is 5.92 Å². The molecule has 0 rings (SSSR count). The SMILES string of the molecule is CCC(C)CN(CC)CCC(=O)OC(C)(C)C. The van der Waals surface area contributed by atoms with Gasteiger partial charge in [0.15, 0.2) is 0 Å². The van der Waals surface area contributed by atoms with Crippen molar-refractivity contribution < 1.29 is 9.53 Å². The highest BCUT2D eigenvalue weighted by atomic mass is 16.6. The Morgan fingerprint density at radius 2 is 1.88 bits per heavy atom. The molecule has 0 bridgehead atoms. The zero-order chi connectivity index (χ0) is 13.5. The fourth-order valence-electron chi connectivity index (χ4n) is 1.59. The first-order valence-electron chi connectivity index (χ1n) is 6.72. The highest BCUT2D eigenvalue weighted by molar-refractivity contribution is 5.70. The number of hydrogen-bond acceptors (Lipinski definition) is 3. The van der Waals surface area contributed by atoms with E-state index in [0.717, 1.165) is 19.6 Å². The number of carbonyl (C=O) groups excluding carboxylic acids is 1. The summed E-state index contributed by atoms with van der Waals surface area (Å²) in [5.74, 6) is 0.591. The van der Waals surface area contributed by atoms with Gasteiger partial charge in [0, 0.05) is 13.1 Å². The molecule has 0 N–H and O–H groups in total. The summed E-state index contributed by atoms with van der Waals surface area (Å²) in [5.41, 5.74) is -0.370. The molecule has 3 nitrogen and oxygen atoms in total. The molecule has 0 spiro atoms. The molecule has 0 aliphatic carbocycles. The van der Waals surface area contributed by atoms with Crippen molar-refractivity contribution >= 4 is 5.97 Å². The summed E-state index contributed by atoms with van der Waals surface area (Å²) in [6, 6.07) is 0. The summed E-state index contributed by atoms with van der Waals surface area (Å²) in [6.07, 6.45) is 1.67. The van der Waals surface area contributed by atoms with Gasteiger partial charge in [0.05, 0.1) is 6.42 Å². The van der Waals surface area contributed by atoms with Gasteiger partial charge in [0.1, 0.15) is 5.60 Å². The fourth-order valence-corrected chi connectivity index (χ4v) is 1.59. The standard InChI is InChI=1S/C14H29NO2/c1-7-12(3)11-15(8-2)10-9-13(16)17-14(4,5)6/h12H,7-11H2,1-6H3. The molecular formula is C14H29NO2. The molecule has 0 aliphatic rings. The molecule has 0 aromatic heterocycles. The first kappa shape index (κ1) is 16.4. The Hall–Kier alpha value is -0.570. The van der Waals surface area contributed by atoms with Gasteiger partial charge >= 0.3 is 5.97 Å². The van der Waals surface area contributed by atoms with E-state index < -0.39 is 0 Å². The minimum Gasteiger partial charge on any atom is -0.460 e. The molecule has 1 unspecified atom stereocenters. The van der Waals surface area contributed by atoms with E-state index in [1.807, 2.05) is 20.8 Å². The van der Waals surface area contributed by atoms with Crippen LogP contribution in [0.1, 0.15) is 54.4 Å². The minimum absolute atomic E-state index is 0.0971. The van der Waals surface area contributed by atoms with Crippen molar-refractivity contribution in [2.75, 3.05) is 19.6 Å². The Morgan fingerprint density at radius 1 is 1.29 bits per heavy atom. The van der Waals surface area contributed by atoms with Gasteiger partial charge in [-0.2, -0.15) is 0 Å². The Kier molecular flexibility index (Phi) is 7.44. The quantitative estimate of drug-likeness (QED) is 0.644. The van der Waals surface area contributed by atoms with Crippen LogP contribution < -0.4 is 0 Å². The number of rotatable bonds is 7. The van der Waals surface area contributed by atoms with Crippen molar-refractivity contribution in [1.29, 1.82) is 0 Å². The van der Waals surface area contributed by atoms with E-state index in [1.165, 1.54) is 6.42 Å². The molecule has 0 saturated heterocycles. The Labute approximate surface area is 107 Å². The van der Waals surface area contributed by atoms with Crippen molar-refractivity contribution in [3.63, 3.8) is 0 Å². The zero-order valence-electron chi connectivity index (χ0n) is 12.4. The van der Waals surface area contributed by atoms with E-state index in [-0.39, 0.29) is 11.6 Å². The van der Waals surface area contributed by atoms with Crippen LogP contribution in [0, 0.1) is 5.92 Å². The number of ether oxygens (including phenoxy) is 1. The smallest absolute Gasteiger partial charge is 0.307 e. The van der Waals surface area contributed by atoms with Crippen LogP contribution in [0.5, 0.6) is 0 Å². The second-order valence-corrected chi connectivity index (χ2v) is 5.74. The lowest BCUT2D eigenvalue weighted by Crippen LogP contribution is -2.32. The molecule has 0 aromatic carbocycles. The number of carbonyl (C=O) groups is 1. The Balaban J connectivity index is 3.94. The molecule has 1 atom stereocenters. The zero-order valence-corrected chi connectivity index (χ0v) is 12.4. The van der Waals surface area contributed by atoms with Crippen LogP contribution in [0.15, 0.2) is 0 Å². The molecule has 17 heavy (non-hydrogen) atoms. The van der Waals surface area contributed by atoms with Gasteiger partial charge in [-0.25, -0.2) is 0 Å². The molecule has 0 heterocycles. The lowest BCUT2D eigenvalue weighted by molar-refractivity contribution is -0.155. The summed E-state index contributed by atoms with van der Waals surface area (Å²) in [6.45, 7) is 15.2. The van der Waals surface area contributed by atoms with Crippen LogP contribution >= 0.6 is 0 Å². The molecule has 0 aliphatic heterocycles. The predicted molar refractivity (Wildman–Crippen MR) is 72.0 cm³/mol. The van der Waals surface area contributed by atoms with Gasteiger partial charge in [-0.15, -0.1) is 0 Å². The molecule has 0 amide bonds. The second-order valence-electron chi connectivity index (χ2n) is 5.74. The number of hydrogen-bond donors (Lipinski definition) is 0. The van der Waals surface area contributed by atoms with Crippen LogP contribution in [0.25, 0.3) is 0 Å². The van der Waals surface area contributed by atoms with Crippen molar-refractivity contribution in [3.05, 3.63) is 0 Å². The predicted octanol–water partition coefficient (Wildman–Crippen LogP) is 3.09. The minimum atomic E-state index is -0.370. The molecule has 0 saturated carbocycles. The maximum absolute atomic E-state index is 11.6. The topological polar surface area (TPSA) is 29.5 Å². The monoisotopic (exact) mass is 243 g/mol. The van der Waals surface area contributed by atoms with Crippen LogP contribution in [0.4, 0.5) is 0 Å². The Morgan fingerprint density at radius 3 is 2.29 bits per heavy atom. The molecular weight excluding hydrogens is 214 g/mol. The summed E-state index contributed by atoms with van der Waals surface area (Å²) < 4.78 is 5.30. The fraction of sp³-hybridized carbons (Fsp3) is 0.929. The highest BCUT2D eigenvalue weighted by Crippen LogP contribution is 2.09. The highest BCUT2D eigenvalue weighted by Gasteiger charge is 2.17. The molecule has 3 heteroatoms. The van der Waals surface area contributed by atoms with E-state index in [0.29, 0.717) is 12.3 Å². The van der Waals surface area contributed by atoms with Gasteiger partial charge in [-0.1, -0.05) is 27.2 Å². The van der Waals surface area contributed by atoms with Crippen LogP contribution in [-0.4, -0.2) is 36.1 Å². The van der Waals surface area contributed by atoms with Crippen molar-refractivity contribution in [3.8, 4) is 0 Å². The average Bonchev–Trinajstić information content (AvgIpc) is 2.21. The number of esters is 1. The summed E-state index contributed by atoms with van der Waals surface area (Å²) in [5, 5.41) is 0. The summed E-state index contributed by atoms with van der Waals surface area (Å²) in [7, 11) is 0. The number of nitrogens with zero attached hydrogens (tertiary/aromatic N) is 1. The van der Waals surface area contributed by atoms with Crippen molar-refractivity contribution in [2.45, 2.75) is 60.0 Å². The van der Waals surface area contributed by atoms with E-state index in [2.05, 4.69) is 25.7 Å². The normalized spacial score (nSPS) is 13.8. The molecule has 0 radical (unpaired) electrons. The second kappa shape index (κ2) is 7.70. The third kappa shape index (κ3) is 9.16. The molecule has 0 fully saturated rings. The Bertz CT molecular complexity index is 221. The molecule has 0 aromatic rings. The van der Waals surface area contributed by atoms with Gasteiger partial charge < -0.3 is 9.64 Å². The van der Waals surface area contributed by atoms with Gasteiger partial charge in [0.2, 0.25) is 0 Å². The lowest BCUT2D eigenvalue weighted by Gasteiger charge is -2.24. The third-order valence-corrected chi connectivity index (χ3v) is 2.77. The van der Waals surface area contributed by atoms with E-state index in [1.54, 1.807) is 0 Å². The van der Waals surface area contributed by atoms with Crippen LogP contribution in [-0.2, 0) is 9.53 Å². The maximum Gasteiger partial charge on any atom is 0.307 e. The maximum atomic E-state index is 11.6. The van der Waals surface area contributed by atoms with Crippen LogP contribution in [0.3, 0.4) is 0 Å². The summed E-state index contributed by atoms with van der Waals surface area (Å²) >= 11 is 0.